The maximum atomic E-state index is 12.8. The number of likely N-dealkylation sites (tertiary alicyclic amines) is 1. The second-order valence-corrected chi connectivity index (χ2v) is 7.11. The zero-order chi connectivity index (χ0) is 15.3. The van der Waals surface area contributed by atoms with Crippen LogP contribution in [-0.2, 0) is 0 Å². The molecule has 22 heavy (non-hydrogen) atoms. The minimum atomic E-state index is 0.00303. The molecule has 0 spiro atoms. The minimum absolute atomic E-state index is 0.00303. The first-order valence-electron chi connectivity index (χ1n) is 9.09. The van der Waals surface area contributed by atoms with Crippen molar-refractivity contribution in [3.05, 3.63) is 47.2 Å². The van der Waals surface area contributed by atoms with Gasteiger partial charge in [-0.25, -0.2) is 0 Å². The van der Waals surface area contributed by atoms with Gasteiger partial charge < -0.3 is 9.85 Å². The lowest BCUT2D eigenvalue weighted by Crippen LogP contribution is -2.46. The van der Waals surface area contributed by atoms with E-state index in [1.807, 2.05) is 0 Å². The van der Waals surface area contributed by atoms with E-state index in [4.69, 9.17) is 0 Å². The number of hydrogen-bond donors (Lipinski definition) is 0. The molecule has 0 bridgehead atoms. The number of benzene rings is 1. The van der Waals surface area contributed by atoms with Crippen LogP contribution in [0.4, 0.5) is 0 Å². The Kier molecular flexibility index (Phi) is 5.32. The topological polar surface area (TPSA) is 23.1 Å². The molecule has 2 heteroatoms. The molecule has 1 aliphatic heterocycles. The number of hydrogen-bond acceptors (Lipinski definition) is 1. The van der Waals surface area contributed by atoms with Crippen molar-refractivity contribution in [2.45, 2.75) is 51.4 Å². The van der Waals surface area contributed by atoms with E-state index in [0.717, 1.165) is 25.9 Å². The van der Waals surface area contributed by atoms with Crippen LogP contribution in [0.3, 0.4) is 0 Å². The summed E-state index contributed by atoms with van der Waals surface area (Å²) in [6.07, 6.45) is 12.4. The summed E-state index contributed by atoms with van der Waals surface area (Å²) in [4.78, 5) is 0. The normalized spacial score (nSPS) is 23.4. The highest BCUT2D eigenvalue weighted by Crippen LogP contribution is 2.35. The van der Waals surface area contributed by atoms with E-state index in [-0.39, 0.29) is 4.65 Å². The minimum Gasteiger partial charge on any atom is -0.633 e. The first kappa shape index (κ1) is 15.8. The molecule has 3 rings (SSSR count). The van der Waals surface area contributed by atoms with Gasteiger partial charge >= 0.3 is 0 Å². The Morgan fingerprint density at radius 1 is 0.955 bits per heavy atom. The van der Waals surface area contributed by atoms with Crippen molar-refractivity contribution in [1.29, 1.82) is 0 Å². The summed E-state index contributed by atoms with van der Waals surface area (Å²) in [5.41, 5.74) is 2.78. The molecule has 1 saturated heterocycles. The van der Waals surface area contributed by atoms with E-state index in [9.17, 15) is 5.21 Å². The van der Waals surface area contributed by atoms with E-state index in [1.54, 1.807) is 0 Å². The maximum absolute atomic E-state index is 12.8. The van der Waals surface area contributed by atoms with Crippen molar-refractivity contribution in [3.63, 3.8) is 0 Å². The van der Waals surface area contributed by atoms with Crippen molar-refractivity contribution in [2.24, 2.45) is 5.92 Å². The standard InChI is InChI=1S/C20H29NO/c22-21(15-8-3-9-16-21)17-14-20(18-10-4-1-5-11-18)19-12-6-2-7-13-19/h1,4-5,10-11,14,19H,2-3,6-9,12-13,15-17H2/b20-14-. The molecule has 2 aliphatic rings. The third-order valence-corrected chi connectivity index (χ3v) is 5.43. The van der Waals surface area contributed by atoms with Crippen LogP contribution < -0.4 is 0 Å². The second-order valence-electron chi connectivity index (χ2n) is 7.11. The Morgan fingerprint density at radius 2 is 1.59 bits per heavy atom. The summed E-state index contributed by atoms with van der Waals surface area (Å²) in [5.74, 6) is 0.660. The molecule has 0 atom stereocenters. The van der Waals surface area contributed by atoms with Crippen molar-refractivity contribution >= 4 is 5.57 Å². The van der Waals surface area contributed by atoms with Crippen LogP contribution in [0.1, 0.15) is 56.9 Å². The fraction of sp³-hybridized carbons (Fsp3) is 0.600. The Morgan fingerprint density at radius 3 is 2.27 bits per heavy atom. The van der Waals surface area contributed by atoms with Crippen LogP contribution in [0.25, 0.3) is 5.57 Å². The summed E-state index contributed by atoms with van der Waals surface area (Å²) in [7, 11) is 0. The molecule has 0 unspecified atom stereocenters. The molecule has 0 aromatic heterocycles. The largest absolute Gasteiger partial charge is 0.633 e. The third kappa shape index (κ3) is 3.99. The summed E-state index contributed by atoms with van der Waals surface area (Å²) >= 11 is 0. The highest BCUT2D eigenvalue weighted by atomic mass is 16.5. The predicted octanol–water partition coefficient (Wildman–Crippen LogP) is 5.15. The summed E-state index contributed by atoms with van der Waals surface area (Å²) in [6.45, 7) is 2.28. The number of hydroxylamine groups is 3. The van der Waals surface area contributed by atoms with Gasteiger partial charge in [0.15, 0.2) is 0 Å². The first-order valence-corrected chi connectivity index (χ1v) is 9.09. The third-order valence-electron chi connectivity index (χ3n) is 5.43. The molecule has 120 valence electrons. The zero-order valence-electron chi connectivity index (χ0n) is 13.7. The van der Waals surface area contributed by atoms with Crippen molar-refractivity contribution < 1.29 is 4.65 Å². The summed E-state index contributed by atoms with van der Waals surface area (Å²) in [6, 6.07) is 10.7. The van der Waals surface area contributed by atoms with E-state index in [1.165, 1.54) is 49.7 Å². The van der Waals surface area contributed by atoms with Crippen molar-refractivity contribution in [2.75, 3.05) is 19.6 Å². The second kappa shape index (κ2) is 7.43. The van der Waals surface area contributed by atoms with Crippen LogP contribution in [0.5, 0.6) is 0 Å². The molecule has 0 N–H and O–H groups in total. The van der Waals surface area contributed by atoms with Crippen LogP contribution in [0.2, 0.25) is 0 Å². The molecular weight excluding hydrogens is 270 g/mol. The van der Waals surface area contributed by atoms with Crippen LogP contribution in [-0.4, -0.2) is 24.3 Å². The summed E-state index contributed by atoms with van der Waals surface area (Å²) in [5, 5.41) is 12.8. The lowest BCUT2D eigenvalue weighted by molar-refractivity contribution is -0.879. The Balaban J connectivity index is 1.79. The van der Waals surface area contributed by atoms with Gasteiger partial charge in [-0.2, -0.15) is 0 Å². The van der Waals surface area contributed by atoms with E-state index in [0.29, 0.717) is 12.5 Å². The van der Waals surface area contributed by atoms with Gasteiger partial charge in [-0.15, -0.1) is 0 Å². The number of allylic oxidation sites excluding steroid dienone is 1. The van der Waals surface area contributed by atoms with Gasteiger partial charge in [0.25, 0.3) is 0 Å². The first-order chi connectivity index (χ1) is 10.8. The average Bonchev–Trinajstić information content (AvgIpc) is 2.58. The van der Waals surface area contributed by atoms with Crippen LogP contribution in [0.15, 0.2) is 36.4 Å². The van der Waals surface area contributed by atoms with Gasteiger partial charge in [0, 0.05) is 0 Å². The lowest BCUT2D eigenvalue weighted by atomic mass is 9.80. The fourth-order valence-electron chi connectivity index (χ4n) is 4.10. The Labute approximate surface area is 135 Å². The molecule has 2 fully saturated rings. The van der Waals surface area contributed by atoms with Crippen molar-refractivity contribution in [1.82, 2.24) is 0 Å². The van der Waals surface area contributed by atoms with Gasteiger partial charge in [0.1, 0.15) is 0 Å². The fourth-order valence-corrected chi connectivity index (χ4v) is 4.10. The number of nitrogens with zero attached hydrogens (tertiary/aromatic N) is 1. The van der Waals surface area contributed by atoms with Gasteiger partial charge in [-0.05, 0) is 55.2 Å². The van der Waals surface area contributed by atoms with Crippen LogP contribution >= 0.6 is 0 Å². The van der Waals surface area contributed by atoms with E-state index < -0.39 is 0 Å². The van der Waals surface area contributed by atoms with E-state index in [2.05, 4.69) is 36.4 Å². The highest BCUT2D eigenvalue weighted by Gasteiger charge is 2.22. The van der Waals surface area contributed by atoms with Crippen LogP contribution in [0, 0.1) is 11.1 Å². The smallest absolute Gasteiger partial charge is 0.0977 e. The van der Waals surface area contributed by atoms with Gasteiger partial charge in [-0.1, -0.05) is 49.6 Å². The molecule has 1 aromatic rings. The average molecular weight is 299 g/mol. The van der Waals surface area contributed by atoms with Gasteiger partial charge in [-0.3, -0.25) is 0 Å². The van der Waals surface area contributed by atoms with Crippen molar-refractivity contribution in [3.8, 4) is 0 Å². The highest BCUT2D eigenvalue weighted by molar-refractivity contribution is 5.67. The van der Waals surface area contributed by atoms with E-state index >= 15 is 0 Å². The molecular formula is C20H29NO. The number of piperidine rings is 1. The molecule has 0 radical (unpaired) electrons. The maximum Gasteiger partial charge on any atom is 0.0977 e. The molecule has 1 saturated carbocycles. The molecule has 2 nitrogen and oxygen atoms in total. The van der Waals surface area contributed by atoms with Gasteiger partial charge in [0.2, 0.25) is 0 Å². The summed E-state index contributed by atoms with van der Waals surface area (Å²) < 4.78 is 0.00303. The zero-order valence-corrected chi connectivity index (χ0v) is 13.7. The quantitative estimate of drug-likeness (QED) is 0.557. The predicted molar refractivity (Wildman–Crippen MR) is 93.1 cm³/mol. The Bertz CT molecular complexity index is 482. The van der Waals surface area contributed by atoms with Gasteiger partial charge in [0.05, 0.1) is 19.6 Å². The molecule has 1 aromatic carbocycles. The lowest BCUT2D eigenvalue weighted by Gasteiger charge is -2.45. The Hall–Kier alpha value is -1.12. The molecule has 1 aliphatic carbocycles. The number of rotatable bonds is 4. The molecule has 1 heterocycles. The SMILES string of the molecule is [O-][N+]1(C/C=C(/c2ccccc2)C2CCCCC2)CCCCC1. The molecule has 0 amide bonds. The number of quaternary nitrogens is 1. The monoisotopic (exact) mass is 299 g/mol.